The minimum atomic E-state index is 0.0726. The largest absolute Gasteiger partial charge is 0.444 e. The molecular formula is C32H35N5O3. The van der Waals surface area contributed by atoms with Crippen molar-refractivity contribution in [2.45, 2.75) is 45.1 Å². The molecule has 2 aromatic heterocycles. The molecule has 0 saturated carbocycles. The summed E-state index contributed by atoms with van der Waals surface area (Å²) in [5.74, 6) is 2.29. The molecule has 0 spiro atoms. The zero-order valence-corrected chi connectivity index (χ0v) is 22.9. The number of hydrogen-bond donors (Lipinski definition) is 1. The van der Waals surface area contributed by atoms with Gasteiger partial charge in [0.25, 0.3) is 0 Å². The number of ketones is 1. The number of aryl methyl sites for hydroxylation is 1. The molecule has 1 N–H and O–H groups in total. The number of fused-ring (bicyclic) bond motifs is 1. The first-order valence-electron chi connectivity index (χ1n) is 13.8. The molecule has 1 fully saturated rings. The fraction of sp³-hybridized carbons (Fsp3) is 0.312. The maximum atomic E-state index is 13.3. The molecule has 206 valence electrons. The summed E-state index contributed by atoms with van der Waals surface area (Å²) >= 11 is 0. The third-order valence-electron chi connectivity index (χ3n) is 7.53. The number of para-hydroxylation sites is 1. The van der Waals surface area contributed by atoms with Crippen LogP contribution in [0.2, 0.25) is 0 Å². The summed E-state index contributed by atoms with van der Waals surface area (Å²) in [6.45, 7) is 9.32. The smallest absolute Gasteiger partial charge is 0.230 e. The van der Waals surface area contributed by atoms with Crippen molar-refractivity contribution in [3.63, 3.8) is 0 Å². The number of ether oxygens (including phenoxy) is 1. The van der Waals surface area contributed by atoms with E-state index in [0.717, 1.165) is 79.8 Å². The molecule has 0 radical (unpaired) electrons. The SMILES string of the molecule is C=C/C=C(\C)c1noc(C2CCN(CCCn3cc(C(=O)Cc4ccccc4)c4cccc(OC=N)c43)CC2)n1. The van der Waals surface area contributed by atoms with Gasteiger partial charge in [0.2, 0.25) is 5.89 Å². The highest BCUT2D eigenvalue weighted by Gasteiger charge is 2.25. The monoisotopic (exact) mass is 537 g/mol. The molecule has 0 unspecified atom stereocenters. The molecule has 40 heavy (non-hydrogen) atoms. The minimum absolute atomic E-state index is 0.0726. The van der Waals surface area contributed by atoms with Gasteiger partial charge < -0.3 is 18.7 Å². The van der Waals surface area contributed by atoms with Crippen molar-refractivity contribution in [2.24, 2.45) is 0 Å². The Labute approximate surface area is 234 Å². The molecule has 0 aliphatic carbocycles. The number of likely N-dealkylation sites (tertiary alicyclic amines) is 1. The van der Waals surface area contributed by atoms with Crippen molar-refractivity contribution in [3.05, 3.63) is 96.3 Å². The van der Waals surface area contributed by atoms with Crippen LogP contribution in [-0.2, 0) is 13.0 Å². The predicted molar refractivity (Wildman–Crippen MR) is 157 cm³/mol. The van der Waals surface area contributed by atoms with Gasteiger partial charge in [0.15, 0.2) is 23.8 Å². The van der Waals surface area contributed by atoms with Crippen LogP contribution in [0.4, 0.5) is 0 Å². The van der Waals surface area contributed by atoms with Crippen molar-refractivity contribution in [1.29, 1.82) is 5.41 Å². The van der Waals surface area contributed by atoms with Crippen LogP contribution in [0.1, 0.15) is 59.7 Å². The van der Waals surface area contributed by atoms with E-state index in [4.69, 9.17) is 14.7 Å². The highest BCUT2D eigenvalue weighted by molar-refractivity contribution is 6.10. The van der Waals surface area contributed by atoms with Gasteiger partial charge in [-0.05, 0) is 63.0 Å². The van der Waals surface area contributed by atoms with E-state index in [0.29, 0.717) is 23.6 Å². The maximum Gasteiger partial charge on any atom is 0.230 e. The zero-order valence-electron chi connectivity index (χ0n) is 22.9. The molecule has 1 saturated heterocycles. The van der Waals surface area contributed by atoms with Gasteiger partial charge in [-0.3, -0.25) is 10.2 Å². The molecule has 0 bridgehead atoms. The first-order chi connectivity index (χ1) is 19.6. The second kappa shape index (κ2) is 12.7. The second-order valence-electron chi connectivity index (χ2n) is 10.2. The molecule has 0 atom stereocenters. The lowest BCUT2D eigenvalue weighted by Gasteiger charge is -2.30. The van der Waals surface area contributed by atoms with E-state index in [1.165, 1.54) is 0 Å². The van der Waals surface area contributed by atoms with Gasteiger partial charge in [0.1, 0.15) is 0 Å². The van der Waals surface area contributed by atoms with Crippen molar-refractivity contribution in [1.82, 2.24) is 19.6 Å². The lowest BCUT2D eigenvalue weighted by atomic mass is 9.96. The van der Waals surface area contributed by atoms with Crippen LogP contribution >= 0.6 is 0 Å². The van der Waals surface area contributed by atoms with E-state index in [2.05, 4.69) is 26.2 Å². The number of piperidine rings is 1. The number of carbonyl (C=O) groups excluding carboxylic acids is 1. The van der Waals surface area contributed by atoms with Crippen molar-refractivity contribution in [3.8, 4) is 5.75 Å². The molecule has 1 aliphatic heterocycles. The zero-order chi connectivity index (χ0) is 27.9. The third-order valence-corrected chi connectivity index (χ3v) is 7.53. The van der Waals surface area contributed by atoms with Gasteiger partial charge in [-0.25, -0.2) is 0 Å². The number of carbonyl (C=O) groups is 1. The molecule has 8 heteroatoms. The average molecular weight is 538 g/mol. The fourth-order valence-corrected chi connectivity index (χ4v) is 5.44. The third kappa shape index (κ3) is 6.13. The van der Waals surface area contributed by atoms with Crippen LogP contribution in [0, 0.1) is 5.41 Å². The quantitative estimate of drug-likeness (QED) is 0.0987. The molecular weight excluding hydrogens is 502 g/mol. The van der Waals surface area contributed by atoms with Gasteiger partial charge in [0.05, 0.1) is 5.52 Å². The Bertz CT molecular complexity index is 1510. The molecule has 2 aromatic carbocycles. The molecule has 3 heterocycles. The van der Waals surface area contributed by atoms with E-state index >= 15 is 0 Å². The lowest BCUT2D eigenvalue weighted by Crippen LogP contribution is -2.34. The summed E-state index contributed by atoms with van der Waals surface area (Å²) in [6.07, 6.45) is 9.73. The van der Waals surface area contributed by atoms with Gasteiger partial charge in [0, 0.05) is 36.0 Å². The Kier molecular flexibility index (Phi) is 8.66. The standard InChI is InChI=1S/C32H35N5O3/c1-3-9-23(2)31-34-32(40-35-31)25-14-18-36(19-15-25)16-8-17-37-21-27(28(38)20-24-10-5-4-6-11-24)26-12-7-13-29(30(26)37)39-22-33/h3-7,9-13,21-22,25,33H,1,8,14-20H2,2H3/b23-9+,33-22?. The number of benzene rings is 2. The Hall–Kier alpha value is -4.30. The second-order valence-corrected chi connectivity index (χ2v) is 10.2. The maximum absolute atomic E-state index is 13.3. The number of hydrogen-bond acceptors (Lipinski definition) is 7. The molecule has 0 amide bonds. The van der Waals surface area contributed by atoms with E-state index in [9.17, 15) is 4.79 Å². The van der Waals surface area contributed by atoms with Crippen LogP contribution < -0.4 is 4.74 Å². The number of nitrogens with one attached hydrogen (secondary N) is 1. The average Bonchev–Trinajstić information content (AvgIpc) is 3.61. The summed E-state index contributed by atoms with van der Waals surface area (Å²) in [7, 11) is 0. The van der Waals surface area contributed by atoms with E-state index in [1.807, 2.05) is 67.7 Å². The van der Waals surface area contributed by atoms with Gasteiger partial charge in [-0.15, -0.1) is 0 Å². The number of nitrogens with zero attached hydrogens (tertiary/aromatic N) is 4. The predicted octanol–water partition coefficient (Wildman–Crippen LogP) is 6.29. The van der Waals surface area contributed by atoms with Crippen LogP contribution in [0.15, 0.2) is 78.0 Å². The first-order valence-corrected chi connectivity index (χ1v) is 13.8. The van der Waals surface area contributed by atoms with E-state index in [-0.39, 0.29) is 11.7 Å². The number of Topliss-reactive ketones (excluding diaryl/α,β-unsaturated/α-hetero) is 1. The van der Waals surface area contributed by atoms with Gasteiger partial charge >= 0.3 is 0 Å². The Morgan fingerprint density at radius 1 is 1.15 bits per heavy atom. The Morgan fingerprint density at radius 2 is 1.95 bits per heavy atom. The van der Waals surface area contributed by atoms with Crippen LogP contribution in [0.3, 0.4) is 0 Å². The minimum Gasteiger partial charge on any atom is -0.444 e. The van der Waals surface area contributed by atoms with E-state index < -0.39 is 0 Å². The molecule has 1 aliphatic rings. The van der Waals surface area contributed by atoms with Crippen molar-refractivity contribution in [2.75, 3.05) is 19.6 Å². The topological polar surface area (TPSA) is 97.2 Å². The normalized spacial score (nSPS) is 14.9. The highest BCUT2D eigenvalue weighted by Crippen LogP contribution is 2.32. The Balaban J connectivity index is 1.23. The van der Waals surface area contributed by atoms with Crippen molar-refractivity contribution >= 4 is 28.7 Å². The molecule has 8 nitrogen and oxygen atoms in total. The summed E-state index contributed by atoms with van der Waals surface area (Å²) in [6, 6.07) is 15.5. The van der Waals surface area contributed by atoms with Gasteiger partial charge in [-0.2, -0.15) is 4.98 Å². The van der Waals surface area contributed by atoms with Crippen molar-refractivity contribution < 1.29 is 14.1 Å². The fourth-order valence-electron chi connectivity index (χ4n) is 5.44. The van der Waals surface area contributed by atoms with Crippen LogP contribution in [0.5, 0.6) is 5.75 Å². The molecule has 5 rings (SSSR count). The van der Waals surface area contributed by atoms with Crippen LogP contribution in [-0.4, -0.2) is 51.4 Å². The summed E-state index contributed by atoms with van der Waals surface area (Å²) in [4.78, 5) is 20.4. The lowest BCUT2D eigenvalue weighted by molar-refractivity contribution is 0.0994. The summed E-state index contributed by atoms with van der Waals surface area (Å²) < 4.78 is 13.2. The summed E-state index contributed by atoms with van der Waals surface area (Å²) in [5.41, 5.74) is 3.48. The summed E-state index contributed by atoms with van der Waals surface area (Å²) in [5, 5.41) is 12.5. The number of rotatable bonds is 12. The number of aromatic nitrogens is 3. The first kappa shape index (κ1) is 27.3. The van der Waals surface area contributed by atoms with E-state index in [1.54, 1.807) is 6.08 Å². The molecule has 4 aromatic rings. The number of allylic oxidation sites excluding steroid dienone is 3. The highest BCUT2D eigenvalue weighted by atomic mass is 16.5. The van der Waals surface area contributed by atoms with Crippen LogP contribution in [0.25, 0.3) is 16.5 Å². The van der Waals surface area contributed by atoms with Gasteiger partial charge in [-0.1, -0.05) is 66.4 Å². The Morgan fingerprint density at radius 3 is 2.70 bits per heavy atom.